The Labute approximate surface area is 122 Å². The Morgan fingerprint density at radius 2 is 2.14 bits per heavy atom. The van der Waals surface area contributed by atoms with Crippen LogP contribution in [0.3, 0.4) is 0 Å². The second-order valence-corrected chi connectivity index (χ2v) is 4.90. The van der Waals surface area contributed by atoms with Crippen LogP contribution in [0.15, 0.2) is 48.8 Å². The van der Waals surface area contributed by atoms with E-state index in [0.29, 0.717) is 17.7 Å². The van der Waals surface area contributed by atoms with Gasteiger partial charge in [-0.2, -0.15) is 0 Å². The van der Waals surface area contributed by atoms with Gasteiger partial charge in [0.15, 0.2) is 0 Å². The van der Waals surface area contributed by atoms with Gasteiger partial charge in [0.05, 0.1) is 5.56 Å². The normalized spacial score (nSPS) is 14.3. The van der Waals surface area contributed by atoms with Gasteiger partial charge in [-0.3, -0.25) is 14.6 Å². The van der Waals surface area contributed by atoms with Gasteiger partial charge in [0.1, 0.15) is 0 Å². The molecule has 1 aliphatic heterocycles. The van der Waals surface area contributed by atoms with Crippen LogP contribution in [-0.2, 0) is 4.79 Å². The molecule has 106 valence electrons. The van der Waals surface area contributed by atoms with Crippen molar-refractivity contribution >= 4 is 23.2 Å². The van der Waals surface area contributed by atoms with E-state index in [2.05, 4.69) is 10.3 Å². The SMILES string of the molecule is O=C(Nc1cccc(N2CCCC2=O)c1)c1cccnc1. The van der Waals surface area contributed by atoms with Crippen LogP contribution in [-0.4, -0.2) is 23.3 Å². The smallest absolute Gasteiger partial charge is 0.257 e. The maximum absolute atomic E-state index is 12.1. The highest BCUT2D eigenvalue weighted by Gasteiger charge is 2.21. The van der Waals surface area contributed by atoms with Crippen LogP contribution < -0.4 is 10.2 Å². The van der Waals surface area contributed by atoms with Gasteiger partial charge in [0.25, 0.3) is 5.91 Å². The fraction of sp³-hybridized carbons (Fsp3) is 0.188. The fourth-order valence-electron chi connectivity index (χ4n) is 2.37. The number of nitrogens with zero attached hydrogens (tertiary/aromatic N) is 2. The number of benzene rings is 1. The van der Waals surface area contributed by atoms with Crippen molar-refractivity contribution < 1.29 is 9.59 Å². The molecule has 0 saturated carbocycles. The van der Waals surface area contributed by atoms with E-state index in [1.807, 2.05) is 18.2 Å². The minimum absolute atomic E-state index is 0.130. The van der Waals surface area contributed by atoms with Crippen molar-refractivity contribution in [2.24, 2.45) is 0 Å². The summed E-state index contributed by atoms with van der Waals surface area (Å²) in [6.07, 6.45) is 4.61. The number of carbonyl (C=O) groups is 2. The Balaban J connectivity index is 1.77. The van der Waals surface area contributed by atoms with Crippen LogP contribution >= 0.6 is 0 Å². The molecule has 1 saturated heterocycles. The van der Waals surface area contributed by atoms with Gasteiger partial charge in [-0.05, 0) is 36.8 Å². The summed E-state index contributed by atoms with van der Waals surface area (Å²) in [5.74, 6) is -0.0845. The van der Waals surface area contributed by atoms with Crippen molar-refractivity contribution in [1.82, 2.24) is 4.98 Å². The molecule has 1 fully saturated rings. The maximum Gasteiger partial charge on any atom is 0.257 e. The average Bonchev–Trinajstić information content (AvgIpc) is 2.94. The second kappa shape index (κ2) is 5.75. The second-order valence-electron chi connectivity index (χ2n) is 4.90. The van der Waals surface area contributed by atoms with Crippen LogP contribution in [0.1, 0.15) is 23.2 Å². The average molecular weight is 281 g/mol. The number of nitrogens with one attached hydrogen (secondary N) is 1. The molecule has 1 N–H and O–H groups in total. The maximum atomic E-state index is 12.1. The lowest BCUT2D eigenvalue weighted by molar-refractivity contribution is -0.117. The first kappa shape index (κ1) is 13.3. The molecule has 0 radical (unpaired) electrons. The summed E-state index contributed by atoms with van der Waals surface area (Å²) in [6.45, 7) is 0.735. The van der Waals surface area contributed by atoms with Gasteiger partial charge in [0, 0.05) is 36.7 Å². The Bertz CT molecular complexity index is 670. The predicted octanol–water partition coefficient (Wildman–Crippen LogP) is 2.46. The number of aromatic nitrogens is 1. The summed E-state index contributed by atoms with van der Waals surface area (Å²) in [5, 5.41) is 2.82. The summed E-state index contributed by atoms with van der Waals surface area (Å²) in [6, 6.07) is 10.8. The monoisotopic (exact) mass is 281 g/mol. The molecule has 2 amide bonds. The molecular formula is C16H15N3O2. The number of anilines is 2. The topological polar surface area (TPSA) is 62.3 Å². The van der Waals surface area contributed by atoms with Crippen molar-refractivity contribution in [1.29, 1.82) is 0 Å². The largest absolute Gasteiger partial charge is 0.322 e. The first-order valence-corrected chi connectivity index (χ1v) is 6.86. The van der Waals surface area contributed by atoms with Gasteiger partial charge >= 0.3 is 0 Å². The lowest BCUT2D eigenvalue weighted by Crippen LogP contribution is -2.23. The Hall–Kier alpha value is -2.69. The molecule has 1 aromatic carbocycles. The van der Waals surface area contributed by atoms with Gasteiger partial charge in [-0.15, -0.1) is 0 Å². The van der Waals surface area contributed by atoms with Crippen molar-refractivity contribution in [2.75, 3.05) is 16.8 Å². The summed E-state index contributed by atoms with van der Waals surface area (Å²) in [4.78, 5) is 29.5. The van der Waals surface area contributed by atoms with Crippen LogP contribution in [0.5, 0.6) is 0 Å². The first-order chi connectivity index (χ1) is 10.2. The molecule has 0 spiro atoms. The Morgan fingerprint density at radius 1 is 1.24 bits per heavy atom. The zero-order valence-corrected chi connectivity index (χ0v) is 11.5. The summed E-state index contributed by atoms with van der Waals surface area (Å²) >= 11 is 0. The van der Waals surface area contributed by atoms with E-state index in [0.717, 1.165) is 18.7 Å². The molecule has 3 rings (SSSR count). The quantitative estimate of drug-likeness (QED) is 0.940. The van der Waals surface area contributed by atoms with E-state index < -0.39 is 0 Å². The van der Waals surface area contributed by atoms with Gasteiger partial charge in [-0.1, -0.05) is 6.07 Å². The molecule has 0 bridgehead atoms. The van der Waals surface area contributed by atoms with Crippen molar-refractivity contribution in [3.63, 3.8) is 0 Å². The van der Waals surface area contributed by atoms with Crippen LogP contribution in [0.2, 0.25) is 0 Å². The number of carbonyl (C=O) groups excluding carboxylic acids is 2. The van der Waals surface area contributed by atoms with E-state index in [4.69, 9.17) is 0 Å². The van der Waals surface area contributed by atoms with E-state index in [1.54, 1.807) is 29.3 Å². The van der Waals surface area contributed by atoms with E-state index >= 15 is 0 Å². The summed E-state index contributed by atoms with van der Waals surface area (Å²) < 4.78 is 0. The predicted molar refractivity (Wildman–Crippen MR) is 80.2 cm³/mol. The van der Waals surface area contributed by atoms with Gasteiger partial charge < -0.3 is 10.2 Å². The highest BCUT2D eigenvalue weighted by Crippen LogP contribution is 2.24. The molecular weight excluding hydrogens is 266 g/mol. The lowest BCUT2D eigenvalue weighted by atomic mass is 10.2. The molecule has 5 heteroatoms. The number of rotatable bonds is 3. The molecule has 0 aliphatic carbocycles. The number of pyridine rings is 1. The molecule has 1 aromatic heterocycles. The molecule has 2 aromatic rings. The van der Waals surface area contributed by atoms with E-state index in [9.17, 15) is 9.59 Å². The molecule has 5 nitrogen and oxygen atoms in total. The number of hydrogen-bond acceptors (Lipinski definition) is 3. The summed E-state index contributed by atoms with van der Waals surface area (Å²) in [7, 11) is 0. The summed E-state index contributed by atoms with van der Waals surface area (Å²) in [5.41, 5.74) is 1.99. The molecule has 21 heavy (non-hydrogen) atoms. The highest BCUT2D eigenvalue weighted by molar-refractivity contribution is 6.04. The third-order valence-electron chi connectivity index (χ3n) is 3.41. The Morgan fingerprint density at radius 3 is 2.86 bits per heavy atom. The number of hydrogen-bond donors (Lipinski definition) is 1. The highest BCUT2D eigenvalue weighted by atomic mass is 16.2. The molecule has 0 atom stereocenters. The van der Waals surface area contributed by atoms with Crippen LogP contribution in [0.25, 0.3) is 0 Å². The third kappa shape index (κ3) is 2.91. The zero-order valence-electron chi connectivity index (χ0n) is 11.5. The van der Waals surface area contributed by atoms with Crippen molar-refractivity contribution in [3.05, 3.63) is 54.4 Å². The van der Waals surface area contributed by atoms with Gasteiger partial charge in [0.2, 0.25) is 5.91 Å². The van der Waals surface area contributed by atoms with Crippen LogP contribution in [0, 0.1) is 0 Å². The first-order valence-electron chi connectivity index (χ1n) is 6.86. The minimum atomic E-state index is -0.215. The van der Waals surface area contributed by atoms with Crippen molar-refractivity contribution in [3.8, 4) is 0 Å². The minimum Gasteiger partial charge on any atom is -0.322 e. The fourth-order valence-corrected chi connectivity index (χ4v) is 2.37. The van der Waals surface area contributed by atoms with Crippen LogP contribution in [0.4, 0.5) is 11.4 Å². The molecule has 0 unspecified atom stereocenters. The standard InChI is InChI=1S/C16H15N3O2/c20-15-7-3-9-19(15)14-6-1-5-13(10-14)18-16(21)12-4-2-8-17-11-12/h1-2,4-6,8,10-11H,3,7,9H2,(H,18,21). The zero-order chi connectivity index (χ0) is 14.7. The number of amides is 2. The lowest BCUT2D eigenvalue weighted by Gasteiger charge is -2.16. The third-order valence-corrected chi connectivity index (χ3v) is 3.41. The molecule has 2 heterocycles. The van der Waals surface area contributed by atoms with E-state index in [-0.39, 0.29) is 11.8 Å². The van der Waals surface area contributed by atoms with Crippen molar-refractivity contribution in [2.45, 2.75) is 12.8 Å². The molecule has 1 aliphatic rings. The Kier molecular flexibility index (Phi) is 3.64. The van der Waals surface area contributed by atoms with E-state index in [1.165, 1.54) is 6.20 Å². The van der Waals surface area contributed by atoms with Gasteiger partial charge in [-0.25, -0.2) is 0 Å².